The van der Waals surface area contributed by atoms with Gasteiger partial charge in [-0.2, -0.15) is 0 Å². The fraction of sp³-hybridized carbons (Fsp3) is 0. The van der Waals surface area contributed by atoms with Gasteiger partial charge >= 0.3 is 0 Å². The zero-order chi connectivity index (χ0) is 11.5. The van der Waals surface area contributed by atoms with E-state index in [4.69, 9.17) is 11.6 Å². The third-order valence-electron chi connectivity index (χ3n) is 1.83. The van der Waals surface area contributed by atoms with Gasteiger partial charge in [-0.1, -0.05) is 11.6 Å². The molecule has 3 nitrogen and oxygen atoms in total. The average Bonchev–Trinajstić information content (AvgIpc) is 2.24. The molecule has 0 bridgehead atoms. The predicted molar refractivity (Wildman–Crippen MR) is 64.4 cm³/mol. The molecule has 0 spiro atoms. The maximum atomic E-state index is 13.1. The standard InChI is InChI=1S/C10H6BrClFN3/c11-9-4-10(15-5-14-9)16-6-1-2-7(12)8(13)3-6/h1-5H,(H,14,15,16). The lowest BCUT2D eigenvalue weighted by molar-refractivity contribution is 0.629. The van der Waals surface area contributed by atoms with Gasteiger partial charge in [0.2, 0.25) is 0 Å². The number of anilines is 2. The summed E-state index contributed by atoms with van der Waals surface area (Å²) in [7, 11) is 0. The monoisotopic (exact) mass is 301 g/mol. The van der Waals surface area contributed by atoms with Gasteiger partial charge in [-0.15, -0.1) is 0 Å². The van der Waals surface area contributed by atoms with Crippen molar-refractivity contribution in [2.45, 2.75) is 0 Å². The van der Waals surface area contributed by atoms with Gasteiger partial charge in [0, 0.05) is 11.8 Å². The van der Waals surface area contributed by atoms with Crippen LogP contribution in [0.3, 0.4) is 0 Å². The number of rotatable bonds is 2. The molecule has 0 fully saturated rings. The second kappa shape index (κ2) is 4.76. The third-order valence-corrected chi connectivity index (χ3v) is 2.57. The van der Waals surface area contributed by atoms with Crippen LogP contribution in [-0.4, -0.2) is 9.97 Å². The first-order chi connectivity index (χ1) is 7.65. The summed E-state index contributed by atoms with van der Waals surface area (Å²) in [5.41, 5.74) is 0.576. The minimum absolute atomic E-state index is 0.0921. The molecule has 6 heteroatoms. The Kier molecular flexibility index (Phi) is 3.36. The van der Waals surface area contributed by atoms with E-state index in [9.17, 15) is 4.39 Å². The van der Waals surface area contributed by atoms with E-state index in [0.717, 1.165) is 0 Å². The maximum absolute atomic E-state index is 13.1. The molecule has 1 aromatic carbocycles. The maximum Gasteiger partial charge on any atom is 0.143 e. The Morgan fingerprint density at radius 3 is 2.75 bits per heavy atom. The highest BCUT2D eigenvalue weighted by atomic mass is 79.9. The first-order valence-corrected chi connectivity index (χ1v) is 5.52. The average molecular weight is 303 g/mol. The van der Waals surface area contributed by atoms with Gasteiger partial charge in [-0.05, 0) is 34.1 Å². The van der Waals surface area contributed by atoms with Gasteiger partial charge in [0.25, 0.3) is 0 Å². The molecule has 1 heterocycles. The molecule has 82 valence electrons. The van der Waals surface area contributed by atoms with Gasteiger partial charge in [-0.3, -0.25) is 0 Å². The van der Waals surface area contributed by atoms with Crippen LogP contribution in [0.4, 0.5) is 15.9 Å². The molecule has 0 saturated heterocycles. The van der Waals surface area contributed by atoms with E-state index in [1.807, 2.05) is 0 Å². The van der Waals surface area contributed by atoms with E-state index in [0.29, 0.717) is 16.1 Å². The number of halogens is 3. The summed E-state index contributed by atoms with van der Waals surface area (Å²) in [6, 6.07) is 6.14. The van der Waals surface area contributed by atoms with Crippen molar-refractivity contribution in [2.24, 2.45) is 0 Å². The van der Waals surface area contributed by atoms with Crippen molar-refractivity contribution < 1.29 is 4.39 Å². The van der Waals surface area contributed by atoms with E-state index >= 15 is 0 Å². The summed E-state index contributed by atoms with van der Waals surface area (Å²) in [5.74, 6) is 0.100. The fourth-order valence-corrected chi connectivity index (χ4v) is 1.55. The highest BCUT2D eigenvalue weighted by molar-refractivity contribution is 9.10. The molecular weight excluding hydrogens is 296 g/mol. The van der Waals surface area contributed by atoms with Crippen molar-refractivity contribution in [3.8, 4) is 0 Å². The number of nitrogens with zero attached hydrogens (tertiary/aromatic N) is 2. The van der Waals surface area contributed by atoms with Gasteiger partial charge in [0.1, 0.15) is 22.6 Å². The molecule has 1 aromatic heterocycles. The van der Waals surface area contributed by atoms with Gasteiger partial charge in [0.05, 0.1) is 5.02 Å². The zero-order valence-electron chi connectivity index (χ0n) is 7.92. The zero-order valence-corrected chi connectivity index (χ0v) is 10.3. The van der Waals surface area contributed by atoms with Crippen LogP contribution >= 0.6 is 27.5 Å². The topological polar surface area (TPSA) is 37.8 Å². The Labute approximate surface area is 105 Å². The van der Waals surface area contributed by atoms with Crippen LogP contribution in [0.1, 0.15) is 0 Å². The molecular formula is C10H6BrClFN3. The van der Waals surface area contributed by atoms with E-state index in [2.05, 4.69) is 31.2 Å². The molecule has 1 N–H and O–H groups in total. The Hall–Kier alpha value is -1.20. The van der Waals surface area contributed by atoms with Crippen molar-refractivity contribution in [1.29, 1.82) is 0 Å². The lowest BCUT2D eigenvalue weighted by Gasteiger charge is -2.05. The largest absolute Gasteiger partial charge is 0.340 e. The fourth-order valence-electron chi connectivity index (χ4n) is 1.12. The van der Waals surface area contributed by atoms with Crippen molar-refractivity contribution in [3.05, 3.63) is 46.0 Å². The molecule has 0 atom stereocenters. The highest BCUT2D eigenvalue weighted by Crippen LogP contribution is 2.21. The van der Waals surface area contributed by atoms with Crippen LogP contribution in [0, 0.1) is 5.82 Å². The van der Waals surface area contributed by atoms with Crippen molar-refractivity contribution in [1.82, 2.24) is 9.97 Å². The summed E-state index contributed by atoms with van der Waals surface area (Å²) < 4.78 is 13.8. The Morgan fingerprint density at radius 1 is 1.25 bits per heavy atom. The minimum atomic E-state index is -0.472. The second-order valence-corrected chi connectivity index (χ2v) is 4.20. The Balaban J connectivity index is 2.24. The van der Waals surface area contributed by atoms with E-state index in [1.54, 1.807) is 12.1 Å². The smallest absolute Gasteiger partial charge is 0.143 e. The Bertz CT molecular complexity index is 521. The van der Waals surface area contributed by atoms with E-state index in [-0.39, 0.29) is 5.02 Å². The molecule has 0 saturated carbocycles. The van der Waals surface area contributed by atoms with Crippen LogP contribution in [0.2, 0.25) is 5.02 Å². The van der Waals surface area contributed by atoms with Crippen LogP contribution in [0.5, 0.6) is 0 Å². The van der Waals surface area contributed by atoms with Crippen LogP contribution in [-0.2, 0) is 0 Å². The minimum Gasteiger partial charge on any atom is -0.340 e. The van der Waals surface area contributed by atoms with Crippen LogP contribution < -0.4 is 5.32 Å². The first-order valence-electron chi connectivity index (χ1n) is 4.35. The summed E-state index contributed by atoms with van der Waals surface area (Å²) in [4.78, 5) is 7.86. The molecule has 2 aromatic rings. The quantitative estimate of drug-likeness (QED) is 0.858. The number of aromatic nitrogens is 2. The Morgan fingerprint density at radius 2 is 2.06 bits per heavy atom. The van der Waals surface area contributed by atoms with Crippen LogP contribution in [0.15, 0.2) is 35.2 Å². The molecule has 16 heavy (non-hydrogen) atoms. The van der Waals surface area contributed by atoms with Crippen LogP contribution in [0.25, 0.3) is 0 Å². The lowest BCUT2D eigenvalue weighted by atomic mass is 10.3. The van der Waals surface area contributed by atoms with Gasteiger partial charge in [-0.25, -0.2) is 14.4 Å². The normalized spacial score (nSPS) is 10.2. The number of nitrogens with one attached hydrogen (secondary N) is 1. The lowest BCUT2D eigenvalue weighted by Crippen LogP contribution is -1.94. The van der Waals surface area contributed by atoms with Crippen molar-refractivity contribution in [2.75, 3.05) is 5.32 Å². The van der Waals surface area contributed by atoms with Gasteiger partial charge in [0.15, 0.2) is 0 Å². The number of hydrogen-bond donors (Lipinski definition) is 1. The predicted octanol–water partition coefficient (Wildman–Crippen LogP) is 3.78. The molecule has 0 aliphatic carbocycles. The third kappa shape index (κ3) is 2.68. The van der Waals surface area contributed by atoms with E-state index in [1.165, 1.54) is 18.5 Å². The number of benzene rings is 1. The van der Waals surface area contributed by atoms with E-state index < -0.39 is 5.82 Å². The summed E-state index contributed by atoms with van der Waals surface area (Å²) in [5, 5.41) is 3.03. The number of hydrogen-bond acceptors (Lipinski definition) is 3. The SMILES string of the molecule is Fc1cc(Nc2cc(Br)ncn2)ccc1Cl. The van der Waals surface area contributed by atoms with Gasteiger partial charge < -0.3 is 5.32 Å². The second-order valence-electron chi connectivity index (χ2n) is 2.98. The summed E-state index contributed by atoms with van der Waals surface area (Å²) in [6.07, 6.45) is 1.40. The summed E-state index contributed by atoms with van der Waals surface area (Å²) >= 11 is 8.79. The highest BCUT2D eigenvalue weighted by Gasteiger charge is 2.02. The van der Waals surface area contributed by atoms with Crippen molar-refractivity contribution in [3.63, 3.8) is 0 Å². The summed E-state index contributed by atoms with van der Waals surface area (Å²) in [6.45, 7) is 0. The first kappa shape index (κ1) is 11.3. The van der Waals surface area contributed by atoms with Crippen molar-refractivity contribution >= 4 is 39.0 Å². The molecule has 0 amide bonds. The molecule has 2 rings (SSSR count). The molecule has 0 unspecified atom stereocenters. The molecule has 0 aliphatic heterocycles. The molecule has 0 aliphatic rings. The molecule has 0 radical (unpaired) electrons.